The van der Waals surface area contributed by atoms with Crippen LogP contribution in [0.15, 0.2) is 23.0 Å². The Hall–Kier alpha value is -1.68. The first-order valence-corrected chi connectivity index (χ1v) is 5.80. The molecular formula is C13H12ClFN2O. The van der Waals surface area contributed by atoms with Crippen molar-refractivity contribution in [2.75, 3.05) is 0 Å². The second-order valence-electron chi connectivity index (χ2n) is 4.11. The molecule has 94 valence electrons. The number of aromatic nitrogens is 2. The highest BCUT2D eigenvalue weighted by Gasteiger charge is 2.15. The molecule has 0 radical (unpaired) electrons. The summed E-state index contributed by atoms with van der Waals surface area (Å²) < 4.78 is 15.3. The topological polar surface area (TPSA) is 34.9 Å². The first-order valence-electron chi connectivity index (χ1n) is 5.42. The number of hydrogen-bond donors (Lipinski definition) is 0. The molecule has 0 aliphatic carbocycles. The summed E-state index contributed by atoms with van der Waals surface area (Å²) in [6.45, 7) is 3.42. The van der Waals surface area contributed by atoms with Crippen LogP contribution in [0.1, 0.15) is 11.3 Å². The van der Waals surface area contributed by atoms with E-state index in [-0.39, 0.29) is 22.0 Å². The molecule has 18 heavy (non-hydrogen) atoms. The number of nitrogens with zero attached hydrogens (tertiary/aromatic N) is 2. The Morgan fingerprint density at radius 1 is 1.33 bits per heavy atom. The van der Waals surface area contributed by atoms with Crippen molar-refractivity contribution in [3.05, 3.63) is 50.7 Å². The molecule has 2 rings (SSSR count). The normalized spacial score (nSPS) is 10.7. The molecule has 0 fully saturated rings. The molecule has 1 heterocycles. The van der Waals surface area contributed by atoms with Crippen LogP contribution in [0.3, 0.4) is 0 Å². The van der Waals surface area contributed by atoms with Crippen molar-refractivity contribution >= 4 is 11.6 Å². The number of rotatable bonds is 1. The van der Waals surface area contributed by atoms with Crippen LogP contribution < -0.4 is 5.56 Å². The van der Waals surface area contributed by atoms with Crippen molar-refractivity contribution in [3.8, 4) is 11.4 Å². The largest absolute Gasteiger partial charge is 0.295 e. The van der Waals surface area contributed by atoms with Gasteiger partial charge in [-0.1, -0.05) is 17.7 Å². The molecule has 0 N–H and O–H groups in total. The molecule has 0 saturated heterocycles. The van der Waals surface area contributed by atoms with E-state index in [0.29, 0.717) is 11.3 Å². The van der Waals surface area contributed by atoms with E-state index >= 15 is 0 Å². The Labute approximate surface area is 109 Å². The number of aryl methyl sites for hydroxylation is 1. The van der Waals surface area contributed by atoms with Crippen molar-refractivity contribution < 1.29 is 4.39 Å². The third kappa shape index (κ3) is 1.93. The highest BCUT2D eigenvalue weighted by molar-refractivity contribution is 6.31. The van der Waals surface area contributed by atoms with E-state index in [2.05, 4.69) is 4.98 Å². The summed E-state index contributed by atoms with van der Waals surface area (Å²) in [6.07, 6.45) is 0. The Morgan fingerprint density at radius 2 is 2.00 bits per heavy atom. The van der Waals surface area contributed by atoms with E-state index in [9.17, 15) is 9.18 Å². The lowest BCUT2D eigenvalue weighted by molar-refractivity contribution is 0.627. The third-order valence-electron chi connectivity index (χ3n) is 2.95. The summed E-state index contributed by atoms with van der Waals surface area (Å²) in [6, 6.07) is 4.64. The van der Waals surface area contributed by atoms with E-state index < -0.39 is 5.82 Å². The van der Waals surface area contributed by atoms with Crippen molar-refractivity contribution in [2.45, 2.75) is 13.8 Å². The molecule has 2 aromatic rings. The van der Waals surface area contributed by atoms with Gasteiger partial charge in [0.15, 0.2) is 5.82 Å². The Bertz CT molecular complexity index is 679. The van der Waals surface area contributed by atoms with Gasteiger partial charge < -0.3 is 0 Å². The van der Waals surface area contributed by atoms with Crippen molar-refractivity contribution in [3.63, 3.8) is 0 Å². The van der Waals surface area contributed by atoms with Gasteiger partial charge in [0.2, 0.25) is 0 Å². The van der Waals surface area contributed by atoms with Gasteiger partial charge in [-0.2, -0.15) is 0 Å². The summed E-state index contributed by atoms with van der Waals surface area (Å²) in [5.41, 5.74) is 1.19. The van der Waals surface area contributed by atoms with Crippen molar-refractivity contribution in [1.29, 1.82) is 0 Å². The zero-order chi connectivity index (χ0) is 13.4. The Balaban J connectivity index is 2.80. The highest BCUT2D eigenvalue weighted by Crippen LogP contribution is 2.25. The zero-order valence-corrected chi connectivity index (χ0v) is 11.0. The monoisotopic (exact) mass is 266 g/mol. The molecular weight excluding hydrogens is 255 g/mol. The second kappa shape index (κ2) is 4.53. The highest BCUT2D eigenvalue weighted by atomic mass is 35.5. The maximum Gasteiger partial charge on any atom is 0.256 e. The molecule has 0 spiro atoms. The van der Waals surface area contributed by atoms with Gasteiger partial charge in [-0.3, -0.25) is 9.36 Å². The van der Waals surface area contributed by atoms with Crippen LogP contribution in [0.25, 0.3) is 11.4 Å². The minimum atomic E-state index is -0.565. The SMILES string of the molecule is Cc1nc(-c2cccc(Cl)c2F)n(C)c(=O)c1C. The predicted octanol–water partition coefficient (Wildman–Crippen LogP) is 2.86. The second-order valence-corrected chi connectivity index (χ2v) is 4.52. The fourth-order valence-corrected chi connectivity index (χ4v) is 1.91. The molecule has 1 aromatic carbocycles. The fraction of sp³-hybridized carbons (Fsp3) is 0.231. The average molecular weight is 267 g/mol. The van der Waals surface area contributed by atoms with Crippen LogP contribution in [-0.2, 0) is 7.05 Å². The first kappa shape index (κ1) is 12.8. The number of benzene rings is 1. The van der Waals surface area contributed by atoms with Gasteiger partial charge in [0.25, 0.3) is 5.56 Å². The standard InChI is InChI=1S/C13H12ClFN2O/c1-7-8(2)16-12(17(3)13(7)18)9-5-4-6-10(14)11(9)15/h4-6H,1-3H3. The van der Waals surface area contributed by atoms with Crippen LogP contribution in [0.2, 0.25) is 5.02 Å². The molecule has 0 atom stereocenters. The van der Waals surface area contributed by atoms with Crippen LogP contribution in [0.4, 0.5) is 4.39 Å². The quantitative estimate of drug-likeness (QED) is 0.796. The average Bonchev–Trinajstić information content (AvgIpc) is 2.35. The summed E-state index contributed by atoms with van der Waals surface area (Å²) in [4.78, 5) is 16.2. The molecule has 3 nitrogen and oxygen atoms in total. The maximum atomic E-state index is 13.9. The molecule has 0 bridgehead atoms. The summed E-state index contributed by atoms with van der Waals surface area (Å²) in [5, 5.41) is 0.0139. The van der Waals surface area contributed by atoms with E-state index in [1.165, 1.54) is 10.6 Å². The fourth-order valence-electron chi connectivity index (χ4n) is 1.74. The molecule has 1 aromatic heterocycles. The number of halogens is 2. The molecule has 0 aliphatic heterocycles. The maximum absolute atomic E-state index is 13.9. The lowest BCUT2D eigenvalue weighted by Gasteiger charge is -2.11. The van der Waals surface area contributed by atoms with Gasteiger partial charge in [-0.25, -0.2) is 9.37 Å². The summed E-state index contributed by atoms with van der Waals surface area (Å²) in [7, 11) is 1.57. The van der Waals surface area contributed by atoms with Crippen molar-refractivity contribution in [1.82, 2.24) is 9.55 Å². The van der Waals surface area contributed by atoms with Gasteiger partial charge in [0.05, 0.1) is 10.6 Å². The van der Waals surface area contributed by atoms with Crippen molar-refractivity contribution in [2.24, 2.45) is 7.05 Å². The van der Waals surface area contributed by atoms with E-state index in [1.54, 1.807) is 33.0 Å². The van der Waals surface area contributed by atoms with E-state index in [1.807, 2.05) is 0 Å². The molecule has 0 saturated carbocycles. The molecule has 5 heteroatoms. The third-order valence-corrected chi connectivity index (χ3v) is 3.24. The predicted molar refractivity (Wildman–Crippen MR) is 69.4 cm³/mol. The molecule has 0 aliphatic rings. The first-order chi connectivity index (χ1) is 8.43. The molecule has 0 unspecified atom stereocenters. The Kier molecular flexibility index (Phi) is 3.22. The number of hydrogen-bond acceptors (Lipinski definition) is 2. The summed E-state index contributed by atoms with van der Waals surface area (Å²) in [5.74, 6) is -0.284. The van der Waals surface area contributed by atoms with Crippen LogP contribution >= 0.6 is 11.6 Å². The minimum absolute atomic E-state index is 0.0139. The zero-order valence-electron chi connectivity index (χ0n) is 10.3. The Morgan fingerprint density at radius 3 is 2.67 bits per heavy atom. The van der Waals surface area contributed by atoms with Crippen LogP contribution in [-0.4, -0.2) is 9.55 Å². The smallest absolute Gasteiger partial charge is 0.256 e. The van der Waals surface area contributed by atoms with Crippen LogP contribution in [0, 0.1) is 19.7 Å². The van der Waals surface area contributed by atoms with E-state index in [0.717, 1.165) is 0 Å². The van der Waals surface area contributed by atoms with Gasteiger partial charge in [0, 0.05) is 18.3 Å². The van der Waals surface area contributed by atoms with Gasteiger partial charge in [0.1, 0.15) is 5.82 Å². The lowest BCUT2D eigenvalue weighted by atomic mass is 10.1. The van der Waals surface area contributed by atoms with Gasteiger partial charge in [-0.15, -0.1) is 0 Å². The van der Waals surface area contributed by atoms with Gasteiger partial charge in [-0.05, 0) is 26.0 Å². The lowest BCUT2D eigenvalue weighted by Crippen LogP contribution is -2.24. The van der Waals surface area contributed by atoms with E-state index in [4.69, 9.17) is 11.6 Å². The summed E-state index contributed by atoms with van der Waals surface area (Å²) >= 11 is 5.74. The van der Waals surface area contributed by atoms with Crippen LogP contribution in [0.5, 0.6) is 0 Å². The van der Waals surface area contributed by atoms with Gasteiger partial charge >= 0.3 is 0 Å². The minimum Gasteiger partial charge on any atom is -0.295 e. The molecule has 0 amide bonds.